The molecule has 0 aliphatic heterocycles. The smallest absolute Gasteiger partial charge is 0.350 e. The van der Waals surface area contributed by atoms with E-state index in [0.717, 1.165) is 5.56 Å². The normalized spacial score (nSPS) is 14.9. The van der Waals surface area contributed by atoms with Gasteiger partial charge in [-0.3, -0.25) is 4.79 Å². The molecule has 1 fully saturated rings. The van der Waals surface area contributed by atoms with E-state index >= 15 is 0 Å². The molecule has 0 bridgehead atoms. The lowest BCUT2D eigenvalue weighted by molar-refractivity contribution is -0.151. The van der Waals surface area contributed by atoms with Gasteiger partial charge in [-0.25, -0.2) is 4.79 Å². The van der Waals surface area contributed by atoms with E-state index in [0.29, 0.717) is 29.7 Å². The first kappa shape index (κ1) is 15.3. The summed E-state index contributed by atoms with van der Waals surface area (Å²) in [6.45, 7) is 1.98. The summed E-state index contributed by atoms with van der Waals surface area (Å²) < 4.78 is 10.5. The van der Waals surface area contributed by atoms with Crippen LogP contribution in [0.4, 0.5) is 0 Å². The Morgan fingerprint density at radius 1 is 0.913 bits per heavy atom. The van der Waals surface area contributed by atoms with Crippen LogP contribution in [0.3, 0.4) is 0 Å². The first-order valence-electron chi connectivity index (χ1n) is 7.53. The predicted octanol–water partition coefficient (Wildman–Crippen LogP) is 3.31. The maximum atomic E-state index is 12.4. The zero-order valence-corrected chi connectivity index (χ0v) is 13.2. The Morgan fingerprint density at radius 2 is 1.43 bits per heavy atom. The van der Waals surface area contributed by atoms with Gasteiger partial charge >= 0.3 is 5.97 Å². The molecule has 2 aromatic rings. The summed E-state index contributed by atoms with van der Waals surface area (Å²) in [6.07, 6.45) is 1.31. The molecule has 0 N–H and O–H groups in total. The van der Waals surface area contributed by atoms with Gasteiger partial charge in [0.1, 0.15) is 5.75 Å². The van der Waals surface area contributed by atoms with Crippen LogP contribution in [0.2, 0.25) is 0 Å². The molecule has 0 unspecified atom stereocenters. The number of rotatable bonds is 5. The highest BCUT2D eigenvalue weighted by Gasteiger charge is 2.54. The Labute approximate surface area is 135 Å². The first-order valence-corrected chi connectivity index (χ1v) is 7.53. The van der Waals surface area contributed by atoms with E-state index in [1.165, 1.54) is 7.11 Å². The number of ether oxygens (including phenoxy) is 2. The van der Waals surface area contributed by atoms with Crippen molar-refractivity contribution in [3.63, 3.8) is 0 Å². The molecule has 3 rings (SSSR count). The Balaban J connectivity index is 1.73. The van der Waals surface area contributed by atoms with Crippen molar-refractivity contribution < 1.29 is 19.1 Å². The van der Waals surface area contributed by atoms with Crippen molar-refractivity contribution in [2.75, 3.05) is 7.11 Å². The molecule has 118 valence electrons. The Morgan fingerprint density at radius 3 is 1.91 bits per heavy atom. The lowest BCUT2D eigenvalue weighted by atomic mass is 10.0. The monoisotopic (exact) mass is 310 g/mol. The van der Waals surface area contributed by atoms with Crippen LogP contribution in [-0.2, 0) is 9.53 Å². The van der Waals surface area contributed by atoms with Gasteiger partial charge in [0.05, 0.1) is 7.11 Å². The van der Waals surface area contributed by atoms with Gasteiger partial charge in [0.2, 0.25) is 5.60 Å². The topological polar surface area (TPSA) is 52.6 Å². The van der Waals surface area contributed by atoms with E-state index in [1.807, 2.05) is 31.2 Å². The predicted molar refractivity (Wildman–Crippen MR) is 85.7 cm³/mol. The van der Waals surface area contributed by atoms with Crippen LogP contribution in [0, 0.1) is 6.92 Å². The molecule has 2 aromatic carbocycles. The number of esters is 1. The quantitative estimate of drug-likeness (QED) is 0.628. The number of hydrogen-bond acceptors (Lipinski definition) is 4. The van der Waals surface area contributed by atoms with Gasteiger partial charge in [0.15, 0.2) is 5.78 Å². The largest absolute Gasteiger partial charge is 0.476 e. The summed E-state index contributed by atoms with van der Waals surface area (Å²) >= 11 is 0. The highest BCUT2D eigenvalue weighted by atomic mass is 16.6. The summed E-state index contributed by atoms with van der Waals surface area (Å²) in [5.74, 6) is 0.177. The minimum absolute atomic E-state index is 0.0364. The third kappa shape index (κ3) is 3.11. The Hall–Kier alpha value is -2.62. The van der Waals surface area contributed by atoms with E-state index < -0.39 is 5.60 Å². The second-order valence-electron chi connectivity index (χ2n) is 5.81. The van der Waals surface area contributed by atoms with E-state index in [4.69, 9.17) is 9.47 Å². The lowest BCUT2D eigenvalue weighted by Gasteiger charge is -2.15. The van der Waals surface area contributed by atoms with Crippen molar-refractivity contribution >= 4 is 11.8 Å². The average molecular weight is 310 g/mol. The van der Waals surface area contributed by atoms with Gasteiger partial charge in [-0.15, -0.1) is 0 Å². The van der Waals surface area contributed by atoms with Gasteiger partial charge in [-0.05, 0) is 31.2 Å². The number of hydrogen-bond donors (Lipinski definition) is 0. The van der Waals surface area contributed by atoms with Crippen LogP contribution in [0.25, 0.3) is 0 Å². The van der Waals surface area contributed by atoms with E-state index in [-0.39, 0.29) is 11.8 Å². The zero-order valence-electron chi connectivity index (χ0n) is 13.2. The van der Waals surface area contributed by atoms with Gasteiger partial charge in [0, 0.05) is 24.0 Å². The molecule has 1 aliphatic carbocycles. The van der Waals surface area contributed by atoms with Crippen molar-refractivity contribution in [1.29, 1.82) is 0 Å². The maximum Gasteiger partial charge on any atom is 0.350 e. The number of carbonyl (C=O) groups is 2. The fraction of sp³-hybridized carbons (Fsp3) is 0.263. The van der Waals surface area contributed by atoms with Crippen molar-refractivity contribution in [2.45, 2.75) is 25.4 Å². The average Bonchev–Trinajstić information content (AvgIpc) is 3.35. The van der Waals surface area contributed by atoms with Crippen LogP contribution >= 0.6 is 0 Å². The van der Waals surface area contributed by atoms with Crippen molar-refractivity contribution in [1.82, 2.24) is 0 Å². The van der Waals surface area contributed by atoms with Crippen molar-refractivity contribution in [3.8, 4) is 5.75 Å². The van der Waals surface area contributed by atoms with E-state index in [9.17, 15) is 9.59 Å². The number of benzene rings is 2. The number of carbonyl (C=O) groups excluding carboxylic acids is 2. The Kier molecular flexibility index (Phi) is 3.90. The summed E-state index contributed by atoms with van der Waals surface area (Å²) in [4.78, 5) is 24.1. The molecule has 4 nitrogen and oxygen atoms in total. The molecule has 0 amide bonds. The highest BCUT2D eigenvalue weighted by molar-refractivity contribution is 6.09. The van der Waals surface area contributed by atoms with Crippen LogP contribution in [0.1, 0.15) is 34.3 Å². The molecule has 1 aliphatic rings. The third-order valence-corrected chi connectivity index (χ3v) is 4.01. The van der Waals surface area contributed by atoms with Gasteiger partial charge in [-0.1, -0.05) is 29.8 Å². The molecule has 0 atom stereocenters. The summed E-state index contributed by atoms with van der Waals surface area (Å²) in [6, 6.07) is 14.3. The number of ketones is 1. The molecular weight excluding hydrogens is 292 g/mol. The van der Waals surface area contributed by atoms with E-state index in [2.05, 4.69) is 0 Å². The molecule has 0 heterocycles. The van der Waals surface area contributed by atoms with Crippen molar-refractivity contribution in [3.05, 3.63) is 65.2 Å². The van der Waals surface area contributed by atoms with Gasteiger partial charge in [0.25, 0.3) is 0 Å². The molecule has 0 spiro atoms. The summed E-state index contributed by atoms with van der Waals surface area (Å²) in [5, 5.41) is 0. The van der Waals surface area contributed by atoms with Crippen LogP contribution in [0.15, 0.2) is 48.5 Å². The molecular formula is C19H18O4. The zero-order chi connectivity index (χ0) is 16.4. The second-order valence-corrected chi connectivity index (χ2v) is 5.81. The SMILES string of the molecule is COC(=O)C1(Oc2ccc(C(=O)c3ccc(C)cc3)cc2)CC1. The standard InChI is InChI=1S/C19H18O4/c1-13-3-5-14(6-4-13)17(20)15-7-9-16(10-8-15)23-19(11-12-19)18(21)22-2/h3-10H,11-12H2,1-2H3. The molecule has 1 saturated carbocycles. The fourth-order valence-electron chi connectivity index (χ4n) is 2.42. The fourth-order valence-corrected chi connectivity index (χ4v) is 2.42. The van der Waals surface area contributed by atoms with E-state index in [1.54, 1.807) is 24.3 Å². The minimum Gasteiger partial charge on any atom is -0.476 e. The molecule has 0 aromatic heterocycles. The highest BCUT2D eigenvalue weighted by Crippen LogP contribution is 2.41. The Bertz CT molecular complexity index is 725. The maximum absolute atomic E-state index is 12.4. The minimum atomic E-state index is -0.836. The van der Waals surface area contributed by atoms with Crippen molar-refractivity contribution in [2.24, 2.45) is 0 Å². The van der Waals surface area contributed by atoms with Gasteiger partial charge < -0.3 is 9.47 Å². The summed E-state index contributed by atoms with van der Waals surface area (Å²) in [5.41, 5.74) is 1.52. The number of methoxy groups -OCH3 is 1. The lowest BCUT2D eigenvalue weighted by Crippen LogP contribution is -2.30. The third-order valence-electron chi connectivity index (χ3n) is 4.01. The second kappa shape index (κ2) is 5.88. The van der Waals surface area contributed by atoms with Crippen LogP contribution < -0.4 is 4.74 Å². The molecule has 0 saturated heterocycles. The first-order chi connectivity index (χ1) is 11.0. The molecule has 0 radical (unpaired) electrons. The number of aryl methyl sites for hydroxylation is 1. The molecule has 23 heavy (non-hydrogen) atoms. The van der Waals surface area contributed by atoms with Gasteiger partial charge in [-0.2, -0.15) is 0 Å². The molecule has 4 heteroatoms. The van der Waals surface area contributed by atoms with Crippen LogP contribution in [0.5, 0.6) is 5.75 Å². The summed E-state index contributed by atoms with van der Waals surface area (Å²) in [7, 11) is 1.36. The van der Waals surface area contributed by atoms with Crippen LogP contribution in [-0.4, -0.2) is 24.5 Å².